The van der Waals surface area contributed by atoms with Crippen molar-refractivity contribution in [1.82, 2.24) is 5.32 Å². The van der Waals surface area contributed by atoms with Crippen LogP contribution in [0.2, 0.25) is 0 Å². The Morgan fingerprint density at radius 3 is 2.77 bits per heavy atom. The van der Waals surface area contributed by atoms with Crippen molar-refractivity contribution in [3.8, 4) is 17.2 Å². The van der Waals surface area contributed by atoms with Gasteiger partial charge < -0.3 is 19.5 Å². The van der Waals surface area contributed by atoms with Crippen molar-refractivity contribution >= 4 is 5.91 Å². The number of nitrogens with one attached hydrogen (secondary N) is 1. The number of carbonyl (C=O) groups is 1. The minimum absolute atomic E-state index is 0.0319. The van der Waals surface area contributed by atoms with Gasteiger partial charge in [0, 0.05) is 6.54 Å². The molecule has 2 aromatic carbocycles. The zero-order chi connectivity index (χ0) is 18.4. The van der Waals surface area contributed by atoms with Gasteiger partial charge in [0.25, 0.3) is 0 Å². The quantitative estimate of drug-likeness (QED) is 0.829. The second kappa shape index (κ2) is 8.61. The number of hydrogen-bond acceptors (Lipinski definition) is 4. The molecular formula is C21H25NO4. The third-order valence-electron chi connectivity index (χ3n) is 4.49. The molecule has 1 aliphatic heterocycles. The van der Waals surface area contributed by atoms with E-state index in [0.29, 0.717) is 26.2 Å². The molecule has 5 nitrogen and oxygen atoms in total. The maximum atomic E-state index is 12.4. The Kier molecular flexibility index (Phi) is 6.00. The van der Waals surface area contributed by atoms with E-state index in [9.17, 15) is 4.79 Å². The van der Waals surface area contributed by atoms with E-state index in [1.54, 1.807) is 7.11 Å². The van der Waals surface area contributed by atoms with E-state index >= 15 is 0 Å². The van der Waals surface area contributed by atoms with Crippen LogP contribution in [0.5, 0.6) is 17.2 Å². The van der Waals surface area contributed by atoms with Crippen molar-refractivity contribution in [3.63, 3.8) is 0 Å². The highest BCUT2D eigenvalue weighted by molar-refractivity contribution is 5.79. The highest BCUT2D eigenvalue weighted by Gasteiger charge is 2.27. The van der Waals surface area contributed by atoms with Crippen molar-refractivity contribution in [2.45, 2.75) is 19.8 Å². The first-order valence-corrected chi connectivity index (χ1v) is 8.99. The summed E-state index contributed by atoms with van der Waals surface area (Å²) in [6, 6.07) is 13.8. The lowest BCUT2D eigenvalue weighted by atomic mass is 9.95. The molecule has 0 spiro atoms. The Bertz CT molecular complexity index is 742. The average Bonchev–Trinajstić information content (AvgIpc) is 2.68. The predicted octanol–water partition coefficient (Wildman–Crippen LogP) is 3.00. The molecule has 1 N–H and O–H groups in total. The van der Waals surface area contributed by atoms with Gasteiger partial charge in [0.1, 0.15) is 12.4 Å². The van der Waals surface area contributed by atoms with Crippen LogP contribution in [0, 0.1) is 5.92 Å². The summed E-state index contributed by atoms with van der Waals surface area (Å²) in [6.07, 6.45) is 1.46. The number of para-hydroxylation sites is 1. The number of carbonyl (C=O) groups excluding carboxylic acids is 1. The summed E-state index contributed by atoms with van der Waals surface area (Å²) in [4.78, 5) is 12.4. The summed E-state index contributed by atoms with van der Waals surface area (Å²) in [5.41, 5.74) is 2.19. The molecule has 3 rings (SSSR count). The van der Waals surface area contributed by atoms with Gasteiger partial charge in [-0.25, -0.2) is 0 Å². The Morgan fingerprint density at radius 1 is 1.23 bits per heavy atom. The minimum atomic E-state index is -0.171. The second-order valence-corrected chi connectivity index (χ2v) is 6.28. The van der Waals surface area contributed by atoms with Crippen LogP contribution in [-0.4, -0.2) is 32.8 Å². The van der Waals surface area contributed by atoms with Gasteiger partial charge in [-0.3, -0.25) is 4.79 Å². The first-order chi connectivity index (χ1) is 12.7. The summed E-state index contributed by atoms with van der Waals surface area (Å²) in [5.74, 6) is 2.21. The molecule has 0 radical (unpaired) electrons. The number of hydrogen-bond donors (Lipinski definition) is 1. The molecule has 0 fully saturated rings. The highest BCUT2D eigenvalue weighted by Crippen LogP contribution is 2.35. The van der Waals surface area contributed by atoms with E-state index in [-0.39, 0.29) is 11.8 Å². The summed E-state index contributed by atoms with van der Waals surface area (Å²) in [7, 11) is 1.62. The lowest BCUT2D eigenvalue weighted by Crippen LogP contribution is -2.38. The van der Waals surface area contributed by atoms with Crippen molar-refractivity contribution in [2.24, 2.45) is 5.92 Å². The van der Waals surface area contributed by atoms with E-state index in [0.717, 1.165) is 29.2 Å². The van der Waals surface area contributed by atoms with E-state index in [2.05, 4.69) is 5.32 Å². The van der Waals surface area contributed by atoms with Gasteiger partial charge in [-0.2, -0.15) is 0 Å². The highest BCUT2D eigenvalue weighted by atomic mass is 16.5. The lowest BCUT2D eigenvalue weighted by Gasteiger charge is -2.25. The maximum absolute atomic E-state index is 12.4. The van der Waals surface area contributed by atoms with E-state index in [1.807, 2.05) is 49.4 Å². The summed E-state index contributed by atoms with van der Waals surface area (Å²) >= 11 is 0. The zero-order valence-corrected chi connectivity index (χ0v) is 15.3. The molecular weight excluding hydrogens is 330 g/mol. The van der Waals surface area contributed by atoms with Gasteiger partial charge in [-0.1, -0.05) is 24.3 Å². The normalized spacial score (nSPS) is 15.5. The van der Waals surface area contributed by atoms with Gasteiger partial charge in [0.05, 0.1) is 19.6 Å². The molecule has 5 heteroatoms. The van der Waals surface area contributed by atoms with Crippen LogP contribution < -0.4 is 19.5 Å². The number of fused-ring (bicyclic) bond motifs is 1. The van der Waals surface area contributed by atoms with Gasteiger partial charge in [-0.05, 0) is 49.1 Å². The van der Waals surface area contributed by atoms with Crippen LogP contribution in [0.25, 0.3) is 0 Å². The predicted molar refractivity (Wildman–Crippen MR) is 100 cm³/mol. The van der Waals surface area contributed by atoms with Crippen LogP contribution in [0.15, 0.2) is 42.5 Å². The zero-order valence-electron chi connectivity index (χ0n) is 15.3. The molecule has 0 aliphatic carbocycles. The molecule has 0 aromatic heterocycles. The Labute approximate surface area is 154 Å². The molecule has 0 saturated heterocycles. The number of ether oxygens (including phenoxy) is 3. The van der Waals surface area contributed by atoms with Crippen molar-refractivity contribution in [2.75, 3.05) is 26.9 Å². The molecule has 0 bridgehead atoms. The average molecular weight is 355 g/mol. The largest absolute Gasteiger partial charge is 0.494 e. The van der Waals surface area contributed by atoms with Crippen LogP contribution in [0.3, 0.4) is 0 Å². The second-order valence-electron chi connectivity index (χ2n) is 6.28. The summed E-state index contributed by atoms with van der Waals surface area (Å²) in [6.45, 7) is 3.61. The SMILES string of the molecule is CCOc1ccc(CCNC(=O)[C@H]2COc3c(cccc3OC)C2)cc1. The molecule has 1 amide bonds. The van der Waals surface area contributed by atoms with Crippen LogP contribution in [0.1, 0.15) is 18.1 Å². The van der Waals surface area contributed by atoms with E-state index in [4.69, 9.17) is 14.2 Å². The van der Waals surface area contributed by atoms with E-state index in [1.165, 1.54) is 5.56 Å². The van der Waals surface area contributed by atoms with Crippen LogP contribution >= 0.6 is 0 Å². The molecule has 1 aliphatic rings. The van der Waals surface area contributed by atoms with Crippen molar-refractivity contribution < 1.29 is 19.0 Å². The fourth-order valence-electron chi connectivity index (χ4n) is 3.12. The Morgan fingerprint density at radius 2 is 2.04 bits per heavy atom. The van der Waals surface area contributed by atoms with Crippen molar-refractivity contribution in [3.05, 3.63) is 53.6 Å². The smallest absolute Gasteiger partial charge is 0.226 e. The monoisotopic (exact) mass is 355 g/mol. The van der Waals surface area contributed by atoms with Gasteiger partial charge >= 0.3 is 0 Å². The third kappa shape index (κ3) is 4.28. The number of amides is 1. The Balaban J connectivity index is 1.49. The number of benzene rings is 2. The van der Waals surface area contributed by atoms with Crippen LogP contribution in [-0.2, 0) is 17.6 Å². The lowest BCUT2D eigenvalue weighted by molar-refractivity contribution is -0.126. The molecule has 0 saturated carbocycles. The first-order valence-electron chi connectivity index (χ1n) is 8.99. The molecule has 138 valence electrons. The summed E-state index contributed by atoms with van der Waals surface area (Å²) in [5, 5.41) is 3.02. The van der Waals surface area contributed by atoms with Gasteiger partial charge in [0.2, 0.25) is 5.91 Å². The molecule has 0 unspecified atom stereocenters. The molecule has 1 heterocycles. The molecule has 26 heavy (non-hydrogen) atoms. The number of rotatable bonds is 7. The summed E-state index contributed by atoms with van der Waals surface area (Å²) < 4.78 is 16.5. The van der Waals surface area contributed by atoms with Crippen molar-refractivity contribution in [1.29, 1.82) is 0 Å². The fraction of sp³-hybridized carbons (Fsp3) is 0.381. The maximum Gasteiger partial charge on any atom is 0.226 e. The standard InChI is InChI=1S/C21H25NO4/c1-3-25-18-9-7-15(8-10-18)11-12-22-21(23)17-13-16-5-4-6-19(24-2)20(16)26-14-17/h4-10,17H,3,11-14H2,1-2H3,(H,22,23)/t17-/m1/s1. The van der Waals surface area contributed by atoms with Crippen LogP contribution in [0.4, 0.5) is 0 Å². The number of methoxy groups -OCH3 is 1. The topological polar surface area (TPSA) is 56.8 Å². The van der Waals surface area contributed by atoms with E-state index < -0.39 is 0 Å². The third-order valence-corrected chi connectivity index (χ3v) is 4.49. The molecule has 1 atom stereocenters. The Hall–Kier alpha value is -2.69. The first kappa shape index (κ1) is 18.1. The minimum Gasteiger partial charge on any atom is -0.494 e. The van der Waals surface area contributed by atoms with Gasteiger partial charge in [0.15, 0.2) is 11.5 Å². The van der Waals surface area contributed by atoms with Gasteiger partial charge in [-0.15, -0.1) is 0 Å². The fourth-order valence-corrected chi connectivity index (χ4v) is 3.12. The molecule has 2 aromatic rings.